The lowest BCUT2D eigenvalue weighted by molar-refractivity contribution is 0.102. The molecule has 2 aromatic carbocycles. The van der Waals surface area contributed by atoms with Crippen LogP contribution in [0.5, 0.6) is 17.2 Å². The van der Waals surface area contributed by atoms with E-state index in [2.05, 4.69) is 5.32 Å². The van der Waals surface area contributed by atoms with Gasteiger partial charge in [-0.15, -0.1) is 0 Å². The summed E-state index contributed by atoms with van der Waals surface area (Å²) in [5, 5.41) is 7.88. The molecule has 168 valence electrons. The Morgan fingerprint density at radius 1 is 0.969 bits per heavy atom. The summed E-state index contributed by atoms with van der Waals surface area (Å²) in [4.78, 5) is 13.4. The number of para-hydroxylation sites is 1. The van der Waals surface area contributed by atoms with Crippen molar-refractivity contribution in [3.05, 3.63) is 59.3 Å². The molecule has 1 amide bonds. The average Bonchev–Trinajstić information content (AvgIpc) is 3.39. The Bertz CT molecular complexity index is 1070. The van der Waals surface area contributed by atoms with Crippen molar-refractivity contribution in [2.45, 2.75) is 40.0 Å². The number of ether oxygens (including phenoxy) is 3. The minimum absolute atomic E-state index is 0.248. The second-order valence-electron chi connectivity index (χ2n) is 7.43. The predicted octanol–water partition coefficient (Wildman–Crippen LogP) is 4.81. The van der Waals surface area contributed by atoms with E-state index >= 15 is 0 Å². The summed E-state index contributed by atoms with van der Waals surface area (Å²) in [6.07, 6.45) is 2.86. The number of benzene rings is 2. The smallest absolute Gasteiger partial charge is 0.257 e. The monoisotopic (exact) mass is 435 g/mol. The van der Waals surface area contributed by atoms with E-state index < -0.39 is 0 Å². The summed E-state index contributed by atoms with van der Waals surface area (Å²) < 4.78 is 19.1. The van der Waals surface area contributed by atoms with Gasteiger partial charge < -0.3 is 19.5 Å². The fourth-order valence-electron chi connectivity index (χ4n) is 3.98. The zero-order chi connectivity index (χ0) is 22.5. The first-order valence-corrected chi connectivity index (χ1v) is 11.2. The van der Waals surface area contributed by atoms with Gasteiger partial charge in [-0.05, 0) is 64.3 Å². The molecule has 7 heteroatoms. The molecule has 0 atom stereocenters. The van der Waals surface area contributed by atoms with E-state index in [0.29, 0.717) is 42.6 Å². The molecule has 1 N–H and O–H groups in total. The second-order valence-corrected chi connectivity index (χ2v) is 7.43. The highest BCUT2D eigenvalue weighted by atomic mass is 16.5. The Morgan fingerprint density at radius 2 is 1.62 bits per heavy atom. The molecular weight excluding hydrogens is 406 g/mol. The van der Waals surface area contributed by atoms with Gasteiger partial charge in [-0.1, -0.05) is 18.2 Å². The zero-order valence-electron chi connectivity index (χ0n) is 18.8. The molecule has 0 saturated carbocycles. The number of fused-ring (bicyclic) bond motifs is 1. The topological polar surface area (TPSA) is 74.6 Å². The number of hydrogen-bond acceptors (Lipinski definition) is 5. The first-order chi connectivity index (χ1) is 15.7. The highest BCUT2D eigenvalue weighted by Gasteiger charge is 2.25. The van der Waals surface area contributed by atoms with Crippen LogP contribution >= 0.6 is 0 Å². The van der Waals surface area contributed by atoms with Crippen molar-refractivity contribution in [3.63, 3.8) is 0 Å². The molecule has 7 nitrogen and oxygen atoms in total. The van der Waals surface area contributed by atoms with Crippen LogP contribution in [0.2, 0.25) is 0 Å². The zero-order valence-corrected chi connectivity index (χ0v) is 18.8. The van der Waals surface area contributed by atoms with E-state index in [-0.39, 0.29) is 5.91 Å². The minimum atomic E-state index is -0.248. The van der Waals surface area contributed by atoms with Crippen molar-refractivity contribution < 1.29 is 19.0 Å². The molecule has 1 aliphatic rings. The molecule has 0 spiro atoms. The Morgan fingerprint density at radius 3 is 2.25 bits per heavy atom. The Labute approximate surface area is 188 Å². The molecular formula is C25H29N3O4. The van der Waals surface area contributed by atoms with Crippen LogP contribution in [-0.4, -0.2) is 35.5 Å². The average molecular weight is 436 g/mol. The lowest BCUT2D eigenvalue weighted by Gasteiger charge is -2.17. The molecule has 3 aromatic rings. The van der Waals surface area contributed by atoms with Gasteiger partial charge in [0.15, 0.2) is 11.5 Å². The molecule has 4 rings (SSSR count). The SMILES string of the molecule is CCOc1cc(C(=O)Nc2c3c(nn2-c2ccccc2)CCC3)cc(OCC)c1OCC. The van der Waals surface area contributed by atoms with Crippen LogP contribution in [-0.2, 0) is 12.8 Å². The third-order valence-corrected chi connectivity index (χ3v) is 5.31. The fourth-order valence-corrected chi connectivity index (χ4v) is 3.98. The normalized spacial score (nSPS) is 12.3. The molecule has 1 aliphatic carbocycles. The number of aryl methyl sites for hydroxylation is 1. The molecule has 1 heterocycles. The maximum absolute atomic E-state index is 13.4. The summed E-state index contributed by atoms with van der Waals surface area (Å²) in [7, 11) is 0. The second kappa shape index (κ2) is 9.77. The highest BCUT2D eigenvalue weighted by Crippen LogP contribution is 2.39. The number of amides is 1. The number of nitrogens with zero attached hydrogens (tertiary/aromatic N) is 2. The van der Waals surface area contributed by atoms with Crippen molar-refractivity contribution in [2.75, 3.05) is 25.1 Å². The quantitative estimate of drug-likeness (QED) is 0.522. The van der Waals surface area contributed by atoms with Crippen molar-refractivity contribution >= 4 is 11.7 Å². The summed E-state index contributed by atoms with van der Waals surface area (Å²) in [5.41, 5.74) is 3.49. The number of rotatable bonds is 9. The van der Waals surface area contributed by atoms with Gasteiger partial charge in [-0.3, -0.25) is 4.79 Å². The van der Waals surface area contributed by atoms with Crippen molar-refractivity contribution in [2.24, 2.45) is 0 Å². The van der Waals surface area contributed by atoms with Gasteiger partial charge >= 0.3 is 0 Å². The number of nitrogens with one attached hydrogen (secondary N) is 1. The number of hydrogen-bond donors (Lipinski definition) is 1. The number of carbonyl (C=O) groups is 1. The first-order valence-electron chi connectivity index (χ1n) is 11.2. The van der Waals surface area contributed by atoms with Gasteiger partial charge in [0.25, 0.3) is 5.91 Å². The van der Waals surface area contributed by atoms with E-state index in [0.717, 1.165) is 42.0 Å². The third kappa shape index (κ3) is 4.28. The third-order valence-electron chi connectivity index (χ3n) is 5.31. The van der Waals surface area contributed by atoms with Crippen molar-refractivity contribution in [3.8, 4) is 22.9 Å². The van der Waals surface area contributed by atoms with Crippen molar-refractivity contribution in [1.29, 1.82) is 0 Å². The standard InChI is InChI=1S/C25H29N3O4/c1-4-30-21-15-17(16-22(31-5-2)23(21)32-6-3)25(29)26-24-19-13-10-14-20(19)27-28(24)18-11-8-7-9-12-18/h7-9,11-12,15-16H,4-6,10,13-14H2,1-3H3,(H,26,29). The van der Waals surface area contributed by atoms with Crippen LogP contribution in [0.15, 0.2) is 42.5 Å². The molecule has 0 saturated heterocycles. The van der Waals surface area contributed by atoms with Gasteiger partial charge in [0.2, 0.25) is 5.75 Å². The Kier molecular flexibility index (Phi) is 6.63. The Balaban J connectivity index is 1.72. The van der Waals surface area contributed by atoms with Gasteiger partial charge in [-0.25, -0.2) is 4.68 Å². The van der Waals surface area contributed by atoms with E-state index in [1.165, 1.54) is 0 Å². The lowest BCUT2D eigenvalue weighted by atomic mass is 10.1. The van der Waals surface area contributed by atoms with Crippen LogP contribution in [0, 0.1) is 0 Å². The number of aromatic nitrogens is 2. The van der Waals surface area contributed by atoms with E-state index in [1.807, 2.05) is 55.8 Å². The highest BCUT2D eigenvalue weighted by molar-refractivity contribution is 6.05. The maximum atomic E-state index is 13.4. The molecule has 0 fully saturated rings. The molecule has 0 radical (unpaired) electrons. The maximum Gasteiger partial charge on any atom is 0.257 e. The van der Waals surface area contributed by atoms with Crippen LogP contribution in [0.3, 0.4) is 0 Å². The van der Waals surface area contributed by atoms with E-state index in [9.17, 15) is 4.79 Å². The summed E-state index contributed by atoms with van der Waals surface area (Å²) >= 11 is 0. The first kappa shape index (κ1) is 21.7. The van der Waals surface area contributed by atoms with E-state index in [4.69, 9.17) is 19.3 Å². The number of carbonyl (C=O) groups excluding carboxylic acids is 1. The van der Waals surface area contributed by atoms with Gasteiger partial charge in [0.05, 0.1) is 31.2 Å². The van der Waals surface area contributed by atoms with Crippen LogP contribution < -0.4 is 19.5 Å². The molecule has 0 unspecified atom stereocenters. The lowest BCUT2D eigenvalue weighted by Crippen LogP contribution is -2.17. The molecule has 32 heavy (non-hydrogen) atoms. The summed E-state index contributed by atoms with van der Waals surface area (Å²) in [5.74, 6) is 1.97. The van der Waals surface area contributed by atoms with Crippen LogP contribution in [0.1, 0.15) is 48.8 Å². The predicted molar refractivity (Wildman–Crippen MR) is 123 cm³/mol. The van der Waals surface area contributed by atoms with Gasteiger partial charge in [-0.2, -0.15) is 5.10 Å². The van der Waals surface area contributed by atoms with Crippen molar-refractivity contribution in [1.82, 2.24) is 9.78 Å². The Hall–Kier alpha value is -3.48. The largest absolute Gasteiger partial charge is 0.490 e. The summed E-state index contributed by atoms with van der Waals surface area (Å²) in [6.45, 7) is 7.05. The molecule has 0 bridgehead atoms. The van der Waals surface area contributed by atoms with Gasteiger partial charge in [0, 0.05) is 11.1 Å². The molecule has 1 aromatic heterocycles. The van der Waals surface area contributed by atoms with Crippen LogP contribution in [0.4, 0.5) is 5.82 Å². The van der Waals surface area contributed by atoms with E-state index in [1.54, 1.807) is 12.1 Å². The minimum Gasteiger partial charge on any atom is -0.490 e. The van der Waals surface area contributed by atoms with Crippen LogP contribution in [0.25, 0.3) is 5.69 Å². The molecule has 0 aliphatic heterocycles. The fraction of sp³-hybridized carbons (Fsp3) is 0.360. The number of anilines is 1. The van der Waals surface area contributed by atoms with Gasteiger partial charge in [0.1, 0.15) is 5.82 Å². The summed E-state index contributed by atoms with van der Waals surface area (Å²) in [6, 6.07) is 13.3.